The number of benzene rings is 4. The fraction of sp³-hybridized carbons (Fsp3) is 0.143. The molecule has 0 bridgehead atoms. The van der Waals surface area contributed by atoms with Crippen LogP contribution in [0, 0.1) is 0 Å². The van der Waals surface area contributed by atoms with Gasteiger partial charge in [0.1, 0.15) is 0 Å². The van der Waals surface area contributed by atoms with Crippen molar-refractivity contribution in [3.8, 4) is 0 Å². The standard InChI is InChI=1S/C28H28N2/c1-2-3-10-23-15-17-24(18-16-23)29-25-19-21-28(22-20-25)30(26-11-6-4-7-12-26)27-13-8-5-9-14-27/h4-9,11-22,29H,2-3,10H2,1H3. The molecule has 0 unspecified atom stereocenters. The minimum absolute atomic E-state index is 1.08. The summed E-state index contributed by atoms with van der Waals surface area (Å²) >= 11 is 0. The zero-order valence-corrected chi connectivity index (χ0v) is 17.5. The SMILES string of the molecule is CCCCc1ccc(Nc2ccc(N(c3ccccc3)c3ccccc3)cc2)cc1. The van der Waals surface area contributed by atoms with Crippen molar-refractivity contribution >= 4 is 28.4 Å². The predicted molar refractivity (Wildman–Crippen MR) is 129 cm³/mol. The van der Waals surface area contributed by atoms with Crippen molar-refractivity contribution in [1.82, 2.24) is 0 Å². The Hall–Kier alpha value is -3.52. The van der Waals surface area contributed by atoms with Gasteiger partial charge in [-0.25, -0.2) is 0 Å². The lowest BCUT2D eigenvalue weighted by Gasteiger charge is -2.25. The molecule has 0 amide bonds. The number of nitrogens with zero attached hydrogens (tertiary/aromatic N) is 1. The van der Waals surface area contributed by atoms with Crippen LogP contribution < -0.4 is 10.2 Å². The lowest BCUT2D eigenvalue weighted by atomic mass is 10.1. The number of para-hydroxylation sites is 2. The molecule has 2 heteroatoms. The zero-order chi connectivity index (χ0) is 20.6. The van der Waals surface area contributed by atoms with Crippen LogP contribution in [0.5, 0.6) is 0 Å². The van der Waals surface area contributed by atoms with Crippen LogP contribution in [0.4, 0.5) is 28.4 Å². The molecule has 4 rings (SSSR count). The summed E-state index contributed by atoms with van der Waals surface area (Å²) in [6.07, 6.45) is 3.63. The lowest BCUT2D eigenvalue weighted by Crippen LogP contribution is -2.09. The molecule has 4 aromatic carbocycles. The van der Waals surface area contributed by atoms with Gasteiger partial charge in [0.05, 0.1) is 0 Å². The molecule has 150 valence electrons. The molecule has 0 saturated heterocycles. The molecule has 0 heterocycles. The minimum Gasteiger partial charge on any atom is -0.356 e. The van der Waals surface area contributed by atoms with Gasteiger partial charge in [-0.15, -0.1) is 0 Å². The number of anilines is 5. The maximum atomic E-state index is 3.51. The highest BCUT2D eigenvalue weighted by atomic mass is 15.1. The monoisotopic (exact) mass is 392 g/mol. The molecule has 0 saturated carbocycles. The smallest absolute Gasteiger partial charge is 0.0463 e. The molecule has 0 aromatic heterocycles. The Morgan fingerprint density at radius 3 is 1.53 bits per heavy atom. The third-order valence-corrected chi connectivity index (χ3v) is 5.22. The van der Waals surface area contributed by atoms with Crippen LogP contribution in [0.25, 0.3) is 0 Å². The highest BCUT2D eigenvalue weighted by molar-refractivity contribution is 5.77. The first-order valence-corrected chi connectivity index (χ1v) is 10.7. The Labute approximate surface area is 179 Å². The summed E-state index contributed by atoms with van der Waals surface area (Å²) < 4.78 is 0. The molecule has 2 nitrogen and oxygen atoms in total. The summed E-state index contributed by atoms with van der Waals surface area (Å²) in [6.45, 7) is 2.23. The van der Waals surface area contributed by atoms with Crippen molar-refractivity contribution < 1.29 is 0 Å². The van der Waals surface area contributed by atoms with Crippen LogP contribution in [0.3, 0.4) is 0 Å². The van der Waals surface area contributed by atoms with E-state index in [0.29, 0.717) is 0 Å². The molecule has 0 fully saturated rings. The Bertz CT molecular complexity index is 984. The second-order valence-electron chi connectivity index (χ2n) is 7.48. The number of hydrogen-bond donors (Lipinski definition) is 1. The van der Waals surface area contributed by atoms with Crippen molar-refractivity contribution in [1.29, 1.82) is 0 Å². The molecule has 0 aliphatic carbocycles. The molecule has 0 radical (unpaired) electrons. The van der Waals surface area contributed by atoms with Crippen LogP contribution in [-0.4, -0.2) is 0 Å². The summed E-state index contributed by atoms with van der Waals surface area (Å²) in [5, 5.41) is 3.51. The molecule has 0 spiro atoms. The fourth-order valence-corrected chi connectivity index (χ4v) is 3.60. The van der Waals surface area contributed by atoms with E-state index in [-0.39, 0.29) is 0 Å². The van der Waals surface area contributed by atoms with Gasteiger partial charge in [-0.1, -0.05) is 61.9 Å². The predicted octanol–water partition coefficient (Wildman–Crippen LogP) is 8.24. The van der Waals surface area contributed by atoms with E-state index in [0.717, 1.165) is 34.9 Å². The summed E-state index contributed by atoms with van der Waals surface area (Å²) in [7, 11) is 0. The fourth-order valence-electron chi connectivity index (χ4n) is 3.60. The second-order valence-corrected chi connectivity index (χ2v) is 7.48. The molecule has 30 heavy (non-hydrogen) atoms. The van der Waals surface area contributed by atoms with Gasteiger partial charge < -0.3 is 10.2 Å². The van der Waals surface area contributed by atoms with Gasteiger partial charge in [-0.2, -0.15) is 0 Å². The van der Waals surface area contributed by atoms with Crippen molar-refractivity contribution in [3.63, 3.8) is 0 Å². The van der Waals surface area contributed by atoms with Gasteiger partial charge in [0.15, 0.2) is 0 Å². The van der Waals surface area contributed by atoms with Crippen molar-refractivity contribution in [3.05, 3.63) is 115 Å². The number of unbranched alkanes of at least 4 members (excludes halogenated alkanes) is 1. The maximum Gasteiger partial charge on any atom is 0.0463 e. The first kappa shape index (κ1) is 19.8. The van der Waals surface area contributed by atoms with Crippen LogP contribution in [-0.2, 0) is 6.42 Å². The molecular formula is C28H28N2. The van der Waals surface area contributed by atoms with Gasteiger partial charge in [0.25, 0.3) is 0 Å². The summed E-state index contributed by atoms with van der Waals surface area (Å²) in [4.78, 5) is 2.27. The summed E-state index contributed by atoms with van der Waals surface area (Å²) in [6, 6.07) is 38.3. The zero-order valence-electron chi connectivity index (χ0n) is 17.5. The summed E-state index contributed by atoms with van der Waals surface area (Å²) in [5.74, 6) is 0. The summed E-state index contributed by atoms with van der Waals surface area (Å²) in [5.41, 5.74) is 7.03. The van der Waals surface area contributed by atoms with E-state index >= 15 is 0 Å². The van der Waals surface area contributed by atoms with E-state index < -0.39 is 0 Å². The van der Waals surface area contributed by atoms with Crippen LogP contribution in [0.2, 0.25) is 0 Å². The minimum atomic E-state index is 1.08. The Kier molecular flexibility index (Phi) is 6.46. The topological polar surface area (TPSA) is 15.3 Å². The van der Waals surface area contributed by atoms with Gasteiger partial charge in [-0.3, -0.25) is 0 Å². The van der Waals surface area contributed by atoms with Crippen molar-refractivity contribution in [2.75, 3.05) is 10.2 Å². The van der Waals surface area contributed by atoms with Gasteiger partial charge in [0, 0.05) is 28.4 Å². The van der Waals surface area contributed by atoms with Gasteiger partial charge in [-0.05, 0) is 79.1 Å². The second kappa shape index (κ2) is 9.80. The highest BCUT2D eigenvalue weighted by Gasteiger charge is 2.11. The average molecular weight is 393 g/mol. The molecule has 1 N–H and O–H groups in total. The molecule has 0 aliphatic heterocycles. The molecule has 0 atom stereocenters. The van der Waals surface area contributed by atoms with E-state index in [1.54, 1.807) is 0 Å². The molecule has 0 aliphatic rings. The maximum absolute atomic E-state index is 3.51. The largest absolute Gasteiger partial charge is 0.356 e. The molecular weight excluding hydrogens is 364 g/mol. The van der Waals surface area contributed by atoms with Gasteiger partial charge in [0.2, 0.25) is 0 Å². The number of rotatable bonds is 8. The van der Waals surface area contributed by atoms with E-state index in [1.807, 2.05) is 12.1 Å². The third-order valence-electron chi connectivity index (χ3n) is 5.22. The van der Waals surface area contributed by atoms with Crippen LogP contribution in [0.1, 0.15) is 25.3 Å². The Morgan fingerprint density at radius 1 is 0.567 bits per heavy atom. The quantitative estimate of drug-likeness (QED) is 0.325. The number of nitrogens with one attached hydrogen (secondary N) is 1. The number of hydrogen-bond acceptors (Lipinski definition) is 2. The number of aryl methyl sites for hydroxylation is 1. The Morgan fingerprint density at radius 2 is 1.03 bits per heavy atom. The van der Waals surface area contributed by atoms with Gasteiger partial charge >= 0.3 is 0 Å². The third kappa shape index (κ3) is 4.90. The Balaban J connectivity index is 1.54. The highest BCUT2D eigenvalue weighted by Crippen LogP contribution is 2.34. The van der Waals surface area contributed by atoms with E-state index in [1.165, 1.54) is 18.4 Å². The van der Waals surface area contributed by atoms with E-state index in [4.69, 9.17) is 0 Å². The molecule has 4 aromatic rings. The van der Waals surface area contributed by atoms with Crippen LogP contribution >= 0.6 is 0 Å². The first-order valence-electron chi connectivity index (χ1n) is 10.7. The van der Waals surface area contributed by atoms with Crippen LogP contribution in [0.15, 0.2) is 109 Å². The van der Waals surface area contributed by atoms with E-state index in [9.17, 15) is 0 Å². The van der Waals surface area contributed by atoms with Crippen molar-refractivity contribution in [2.45, 2.75) is 26.2 Å². The van der Waals surface area contributed by atoms with Crippen molar-refractivity contribution in [2.24, 2.45) is 0 Å². The normalized spacial score (nSPS) is 10.6. The first-order chi connectivity index (χ1) is 14.8. The lowest BCUT2D eigenvalue weighted by molar-refractivity contribution is 0.795. The average Bonchev–Trinajstić information content (AvgIpc) is 2.81. The van der Waals surface area contributed by atoms with E-state index in [2.05, 4.69) is 114 Å².